The molecule has 1 rings (SSSR count). The largest absolute Gasteiger partial charge is 0.356 e. The fourth-order valence-electron chi connectivity index (χ4n) is 0.690. The zero-order chi connectivity index (χ0) is 9.52. The summed E-state index contributed by atoms with van der Waals surface area (Å²) in [4.78, 5) is 4.10. The van der Waals surface area contributed by atoms with E-state index in [2.05, 4.69) is 21.5 Å². The van der Waals surface area contributed by atoms with Crippen molar-refractivity contribution in [2.75, 3.05) is 6.54 Å². The SMILES string of the molecule is C#CCNC(=S)NCc1nccs1. The topological polar surface area (TPSA) is 37.0 Å². The van der Waals surface area contributed by atoms with Gasteiger partial charge in [-0.2, -0.15) is 0 Å². The average molecular weight is 211 g/mol. The predicted molar refractivity (Wildman–Crippen MR) is 58.4 cm³/mol. The quantitative estimate of drug-likeness (QED) is 0.571. The summed E-state index contributed by atoms with van der Waals surface area (Å²) in [6.45, 7) is 1.10. The van der Waals surface area contributed by atoms with Gasteiger partial charge in [0.2, 0.25) is 0 Å². The lowest BCUT2D eigenvalue weighted by atomic mass is 10.6. The van der Waals surface area contributed by atoms with Crippen LogP contribution in [0.5, 0.6) is 0 Å². The first-order valence-corrected chi connectivity index (χ1v) is 4.95. The van der Waals surface area contributed by atoms with Crippen LogP contribution in [0.3, 0.4) is 0 Å². The summed E-state index contributed by atoms with van der Waals surface area (Å²) >= 11 is 6.54. The molecular formula is C8H9N3S2. The minimum absolute atomic E-state index is 0.448. The van der Waals surface area contributed by atoms with Gasteiger partial charge in [0, 0.05) is 11.6 Å². The highest BCUT2D eigenvalue weighted by molar-refractivity contribution is 7.80. The van der Waals surface area contributed by atoms with Gasteiger partial charge in [-0.05, 0) is 12.2 Å². The van der Waals surface area contributed by atoms with Crippen molar-refractivity contribution in [2.45, 2.75) is 6.54 Å². The van der Waals surface area contributed by atoms with Crippen molar-refractivity contribution in [3.05, 3.63) is 16.6 Å². The zero-order valence-corrected chi connectivity index (χ0v) is 8.54. The van der Waals surface area contributed by atoms with Crippen LogP contribution in [0.1, 0.15) is 5.01 Å². The molecule has 1 heterocycles. The van der Waals surface area contributed by atoms with Gasteiger partial charge in [0.15, 0.2) is 5.11 Å². The summed E-state index contributed by atoms with van der Waals surface area (Å²) < 4.78 is 0. The molecule has 0 aliphatic carbocycles. The van der Waals surface area contributed by atoms with E-state index in [0.29, 0.717) is 18.2 Å². The second kappa shape index (κ2) is 5.51. The van der Waals surface area contributed by atoms with Crippen molar-refractivity contribution < 1.29 is 0 Å². The van der Waals surface area contributed by atoms with Crippen LogP contribution < -0.4 is 10.6 Å². The van der Waals surface area contributed by atoms with Crippen molar-refractivity contribution in [3.8, 4) is 12.3 Å². The van der Waals surface area contributed by atoms with Gasteiger partial charge in [-0.3, -0.25) is 0 Å². The van der Waals surface area contributed by atoms with Crippen LogP contribution in [0.2, 0.25) is 0 Å². The van der Waals surface area contributed by atoms with Crippen LogP contribution in [0.15, 0.2) is 11.6 Å². The molecule has 0 radical (unpaired) electrons. The number of aromatic nitrogens is 1. The molecule has 0 saturated heterocycles. The fraction of sp³-hybridized carbons (Fsp3) is 0.250. The van der Waals surface area contributed by atoms with Crippen molar-refractivity contribution in [2.24, 2.45) is 0 Å². The molecule has 0 unspecified atom stereocenters. The number of nitrogens with zero attached hydrogens (tertiary/aromatic N) is 1. The Morgan fingerprint density at radius 2 is 2.54 bits per heavy atom. The molecule has 0 bridgehead atoms. The molecule has 13 heavy (non-hydrogen) atoms. The fourth-order valence-corrected chi connectivity index (χ4v) is 1.39. The molecule has 1 aromatic rings. The Balaban J connectivity index is 2.20. The second-order valence-electron chi connectivity index (χ2n) is 2.17. The van der Waals surface area contributed by atoms with Crippen molar-refractivity contribution in [3.63, 3.8) is 0 Å². The molecule has 0 spiro atoms. The predicted octanol–water partition coefficient (Wildman–Crippen LogP) is 0.740. The standard InChI is InChI=1S/C8H9N3S2/c1-2-3-10-8(12)11-6-7-9-4-5-13-7/h1,4-5H,3,6H2,(H2,10,11,12). The minimum atomic E-state index is 0.448. The third-order valence-electron chi connectivity index (χ3n) is 1.23. The molecule has 2 N–H and O–H groups in total. The molecule has 0 atom stereocenters. The Morgan fingerprint density at radius 3 is 3.15 bits per heavy atom. The third kappa shape index (κ3) is 3.87. The van der Waals surface area contributed by atoms with Crippen LogP contribution in [0.4, 0.5) is 0 Å². The van der Waals surface area contributed by atoms with Gasteiger partial charge in [-0.1, -0.05) is 5.92 Å². The molecule has 0 aromatic carbocycles. The van der Waals surface area contributed by atoms with Crippen LogP contribution in [0, 0.1) is 12.3 Å². The van der Waals surface area contributed by atoms with Gasteiger partial charge in [0.05, 0.1) is 13.1 Å². The van der Waals surface area contributed by atoms with E-state index in [1.54, 1.807) is 17.5 Å². The van der Waals surface area contributed by atoms with Gasteiger partial charge >= 0.3 is 0 Å². The van der Waals surface area contributed by atoms with E-state index in [1.807, 2.05) is 5.38 Å². The number of hydrogen-bond acceptors (Lipinski definition) is 3. The Kier molecular flexibility index (Phi) is 4.23. The highest BCUT2D eigenvalue weighted by atomic mass is 32.1. The number of rotatable bonds is 3. The number of thiazole rings is 1. The van der Waals surface area contributed by atoms with Gasteiger partial charge in [0.25, 0.3) is 0 Å². The molecule has 5 heteroatoms. The molecule has 0 aliphatic rings. The Labute approximate surface area is 86.6 Å². The van der Waals surface area contributed by atoms with Crippen molar-refractivity contribution >= 4 is 28.7 Å². The van der Waals surface area contributed by atoms with E-state index in [9.17, 15) is 0 Å². The molecule has 3 nitrogen and oxygen atoms in total. The number of terminal acetylenes is 1. The first kappa shape index (κ1) is 9.96. The van der Waals surface area contributed by atoms with Crippen LogP contribution in [0.25, 0.3) is 0 Å². The summed E-state index contributed by atoms with van der Waals surface area (Å²) in [5, 5.41) is 9.34. The van der Waals surface area contributed by atoms with E-state index >= 15 is 0 Å². The van der Waals surface area contributed by atoms with E-state index in [1.165, 1.54) is 0 Å². The maximum atomic E-state index is 5.06. The van der Waals surface area contributed by atoms with Gasteiger partial charge in [0.1, 0.15) is 5.01 Å². The maximum Gasteiger partial charge on any atom is 0.167 e. The second-order valence-corrected chi connectivity index (χ2v) is 3.55. The van der Waals surface area contributed by atoms with Crippen LogP contribution in [-0.2, 0) is 6.54 Å². The summed E-state index contributed by atoms with van der Waals surface area (Å²) in [6.07, 6.45) is 6.82. The molecule has 68 valence electrons. The summed E-state index contributed by atoms with van der Waals surface area (Å²) in [7, 11) is 0. The Morgan fingerprint density at radius 1 is 1.69 bits per heavy atom. The summed E-state index contributed by atoms with van der Waals surface area (Å²) in [5.74, 6) is 2.44. The lowest BCUT2D eigenvalue weighted by molar-refractivity contribution is 0.867. The first-order valence-electron chi connectivity index (χ1n) is 3.66. The van der Waals surface area contributed by atoms with E-state index in [0.717, 1.165) is 5.01 Å². The number of hydrogen-bond donors (Lipinski definition) is 2. The summed E-state index contributed by atoms with van der Waals surface area (Å²) in [6, 6.07) is 0. The lowest BCUT2D eigenvalue weighted by Crippen LogP contribution is -2.34. The molecule has 1 aromatic heterocycles. The average Bonchev–Trinajstić information content (AvgIpc) is 2.64. The minimum Gasteiger partial charge on any atom is -0.356 e. The highest BCUT2D eigenvalue weighted by Gasteiger charge is 1.96. The number of thiocarbonyl (C=S) groups is 1. The Bertz CT molecular complexity index is 300. The number of nitrogens with one attached hydrogen (secondary N) is 2. The van der Waals surface area contributed by atoms with Crippen LogP contribution >= 0.6 is 23.6 Å². The molecule has 0 amide bonds. The van der Waals surface area contributed by atoms with E-state index < -0.39 is 0 Å². The highest BCUT2D eigenvalue weighted by Crippen LogP contribution is 2.02. The van der Waals surface area contributed by atoms with Crippen LogP contribution in [-0.4, -0.2) is 16.6 Å². The van der Waals surface area contributed by atoms with Crippen molar-refractivity contribution in [1.82, 2.24) is 15.6 Å². The van der Waals surface area contributed by atoms with Gasteiger partial charge < -0.3 is 10.6 Å². The first-order chi connectivity index (χ1) is 6.33. The smallest absolute Gasteiger partial charge is 0.167 e. The molecular weight excluding hydrogens is 202 g/mol. The van der Waals surface area contributed by atoms with E-state index in [-0.39, 0.29) is 0 Å². The molecule has 0 aliphatic heterocycles. The van der Waals surface area contributed by atoms with E-state index in [4.69, 9.17) is 18.6 Å². The summed E-state index contributed by atoms with van der Waals surface area (Å²) in [5.41, 5.74) is 0. The van der Waals surface area contributed by atoms with Gasteiger partial charge in [-0.25, -0.2) is 4.98 Å². The van der Waals surface area contributed by atoms with Gasteiger partial charge in [-0.15, -0.1) is 17.8 Å². The molecule has 0 fully saturated rings. The lowest BCUT2D eigenvalue weighted by Gasteiger charge is -2.05. The van der Waals surface area contributed by atoms with Crippen molar-refractivity contribution in [1.29, 1.82) is 0 Å². The third-order valence-corrected chi connectivity index (χ3v) is 2.30. The maximum absolute atomic E-state index is 5.06. The normalized spacial score (nSPS) is 8.85. The monoisotopic (exact) mass is 211 g/mol. The Hall–Kier alpha value is -1.12. The molecule has 0 saturated carbocycles. The zero-order valence-electron chi connectivity index (χ0n) is 6.91.